The van der Waals surface area contributed by atoms with Crippen LogP contribution in [0.1, 0.15) is 30.7 Å². The monoisotopic (exact) mass is 233 g/mol. The number of nitrogens with one attached hydrogen (secondary N) is 1. The molecule has 0 saturated carbocycles. The Balaban J connectivity index is 1.74. The van der Waals surface area contributed by atoms with Crippen LogP contribution in [0, 0.1) is 6.92 Å². The Labute approximate surface area is 104 Å². The van der Waals surface area contributed by atoms with Crippen LogP contribution in [-0.2, 0) is 6.54 Å². The van der Waals surface area contributed by atoms with Gasteiger partial charge in [0.25, 0.3) is 0 Å². The van der Waals surface area contributed by atoms with E-state index in [-0.39, 0.29) is 0 Å². The molecule has 2 heterocycles. The van der Waals surface area contributed by atoms with Gasteiger partial charge in [0.1, 0.15) is 0 Å². The molecule has 1 unspecified atom stereocenters. The topological polar surface area (TPSA) is 28.2 Å². The smallest absolute Gasteiger partial charge is 0.0547 e. The van der Waals surface area contributed by atoms with Gasteiger partial charge in [-0.05, 0) is 58.5 Å². The zero-order valence-corrected chi connectivity index (χ0v) is 10.9. The highest BCUT2D eigenvalue weighted by atomic mass is 15.1. The molecule has 0 bridgehead atoms. The van der Waals surface area contributed by atoms with Gasteiger partial charge in [-0.25, -0.2) is 0 Å². The standard InChI is InChI=1S/C14H23N3/c1-12-5-3-6-14(16-12)11-17(2)10-8-13-7-4-9-15-13/h3,5-6,13,15H,4,7-11H2,1-2H3. The molecule has 1 aromatic rings. The number of hydrogen-bond donors (Lipinski definition) is 1. The minimum absolute atomic E-state index is 0.739. The molecule has 3 heteroatoms. The van der Waals surface area contributed by atoms with E-state index in [1.54, 1.807) is 0 Å². The van der Waals surface area contributed by atoms with Crippen molar-refractivity contribution in [2.45, 2.75) is 38.8 Å². The average molecular weight is 233 g/mol. The summed E-state index contributed by atoms with van der Waals surface area (Å²) >= 11 is 0. The van der Waals surface area contributed by atoms with Gasteiger partial charge in [0, 0.05) is 18.3 Å². The summed E-state index contributed by atoms with van der Waals surface area (Å²) in [6.07, 6.45) is 3.94. The highest BCUT2D eigenvalue weighted by molar-refractivity contribution is 5.09. The second kappa shape index (κ2) is 6.12. The van der Waals surface area contributed by atoms with Crippen LogP contribution >= 0.6 is 0 Å². The predicted octanol–water partition coefficient (Wildman–Crippen LogP) is 1.96. The molecule has 94 valence electrons. The fourth-order valence-corrected chi connectivity index (χ4v) is 2.42. The molecule has 3 nitrogen and oxygen atoms in total. The van der Waals surface area contributed by atoms with E-state index >= 15 is 0 Å². The minimum Gasteiger partial charge on any atom is -0.314 e. The number of rotatable bonds is 5. The van der Waals surface area contributed by atoms with E-state index < -0.39 is 0 Å². The maximum atomic E-state index is 4.54. The molecule has 17 heavy (non-hydrogen) atoms. The Morgan fingerprint density at radius 3 is 3.06 bits per heavy atom. The molecular weight excluding hydrogens is 210 g/mol. The molecule has 1 atom stereocenters. The summed E-state index contributed by atoms with van der Waals surface area (Å²) in [7, 11) is 2.18. The van der Waals surface area contributed by atoms with Gasteiger partial charge in [-0.3, -0.25) is 4.98 Å². The summed E-state index contributed by atoms with van der Waals surface area (Å²) in [6.45, 7) is 5.35. The van der Waals surface area contributed by atoms with Gasteiger partial charge in [0.15, 0.2) is 0 Å². The van der Waals surface area contributed by atoms with Gasteiger partial charge in [0.2, 0.25) is 0 Å². The second-order valence-electron chi connectivity index (χ2n) is 5.09. The van der Waals surface area contributed by atoms with E-state index in [1.807, 2.05) is 13.0 Å². The number of nitrogens with zero attached hydrogens (tertiary/aromatic N) is 2. The molecule has 1 aliphatic rings. The molecule has 0 aliphatic carbocycles. The maximum absolute atomic E-state index is 4.54. The van der Waals surface area contributed by atoms with Crippen molar-refractivity contribution in [1.29, 1.82) is 0 Å². The highest BCUT2D eigenvalue weighted by Crippen LogP contribution is 2.10. The predicted molar refractivity (Wildman–Crippen MR) is 70.9 cm³/mol. The molecule has 1 aliphatic heterocycles. The quantitative estimate of drug-likeness (QED) is 0.842. The molecule has 0 radical (unpaired) electrons. The lowest BCUT2D eigenvalue weighted by Crippen LogP contribution is -2.28. The third-order valence-electron chi connectivity index (χ3n) is 3.40. The average Bonchev–Trinajstić information content (AvgIpc) is 2.79. The minimum atomic E-state index is 0.739. The van der Waals surface area contributed by atoms with E-state index in [9.17, 15) is 0 Å². The fourth-order valence-electron chi connectivity index (χ4n) is 2.42. The van der Waals surface area contributed by atoms with Gasteiger partial charge >= 0.3 is 0 Å². The third kappa shape index (κ3) is 4.10. The van der Waals surface area contributed by atoms with Crippen LogP contribution in [0.3, 0.4) is 0 Å². The van der Waals surface area contributed by atoms with Crippen molar-refractivity contribution in [3.8, 4) is 0 Å². The third-order valence-corrected chi connectivity index (χ3v) is 3.40. The first-order chi connectivity index (χ1) is 8.24. The van der Waals surface area contributed by atoms with Crippen molar-refractivity contribution in [3.05, 3.63) is 29.6 Å². The molecule has 0 amide bonds. The lowest BCUT2D eigenvalue weighted by Gasteiger charge is -2.18. The largest absolute Gasteiger partial charge is 0.314 e. The first-order valence-electron chi connectivity index (χ1n) is 6.58. The van der Waals surface area contributed by atoms with Crippen molar-refractivity contribution in [2.24, 2.45) is 0 Å². The normalized spacial score (nSPS) is 20.1. The van der Waals surface area contributed by atoms with E-state index in [1.165, 1.54) is 31.5 Å². The summed E-state index contributed by atoms with van der Waals surface area (Å²) in [5.41, 5.74) is 2.28. The maximum Gasteiger partial charge on any atom is 0.0547 e. The van der Waals surface area contributed by atoms with Gasteiger partial charge in [-0.15, -0.1) is 0 Å². The molecular formula is C14H23N3. The van der Waals surface area contributed by atoms with Crippen LogP contribution in [0.5, 0.6) is 0 Å². The van der Waals surface area contributed by atoms with Crippen LogP contribution in [0.4, 0.5) is 0 Å². The Hall–Kier alpha value is -0.930. The van der Waals surface area contributed by atoms with Crippen LogP contribution in [0.25, 0.3) is 0 Å². The van der Waals surface area contributed by atoms with E-state index in [0.29, 0.717) is 0 Å². The van der Waals surface area contributed by atoms with Crippen molar-refractivity contribution in [3.63, 3.8) is 0 Å². The lowest BCUT2D eigenvalue weighted by atomic mass is 10.1. The molecule has 0 spiro atoms. The van der Waals surface area contributed by atoms with Crippen molar-refractivity contribution in [1.82, 2.24) is 15.2 Å². The van der Waals surface area contributed by atoms with Crippen LogP contribution < -0.4 is 5.32 Å². The first-order valence-corrected chi connectivity index (χ1v) is 6.58. The van der Waals surface area contributed by atoms with Crippen molar-refractivity contribution in [2.75, 3.05) is 20.1 Å². The number of pyridine rings is 1. The second-order valence-corrected chi connectivity index (χ2v) is 5.09. The van der Waals surface area contributed by atoms with Crippen LogP contribution in [0.2, 0.25) is 0 Å². The van der Waals surface area contributed by atoms with Crippen LogP contribution in [0.15, 0.2) is 18.2 Å². The lowest BCUT2D eigenvalue weighted by molar-refractivity contribution is 0.302. The molecule has 0 aromatic carbocycles. The molecule has 1 N–H and O–H groups in total. The molecule has 1 aromatic heterocycles. The molecule has 1 saturated heterocycles. The molecule has 1 fully saturated rings. The Bertz CT molecular complexity index is 345. The number of aromatic nitrogens is 1. The first kappa shape index (κ1) is 12.5. The van der Waals surface area contributed by atoms with E-state index in [0.717, 1.165) is 24.8 Å². The summed E-state index contributed by atoms with van der Waals surface area (Å²) in [4.78, 5) is 6.90. The molecule has 2 rings (SSSR count). The van der Waals surface area contributed by atoms with E-state index in [4.69, 9.17) is 0 Å². The van der Waals surface area contributed by atoms with Gasteiger partial charge in [-0.2, -0.15) is 0 Å². The Morgan fingerprint density at radius 1 is 1.47 bits per heavy atom. The Kier molecular flexibility index (Phi) is 4.51. The van der Waals surface area contributed by atoms with Crippen LogP contribution in [-0.4, -0.2) is 36.1 Å². The number of aryl methyl sites for hydroxylation is 1. The highest BCUT2D eigenvalue weighted by Gasteiger charge is 2.14. The van der Waals surface area contributed by atoms with Crippen molar-refractivity contribution >= 4 is 0 Å². The van der Waals surface area contributed by atoms with Gasteiger partial charge in [0.05, 0.1) is 5.69 Å². The van der Waals surface area contributed by atoms with Gasteiger partial charge < -0.3 is 10.2 Å². The fraction of sp³-hybridized carbons (Fsp3) is 0.643. The summed E-state index contributed by atoms with van der Waals surface area (Å²) in [5.74, 6) is 0. The zero-order valence-electron chi connectivity index (χ0n) is 10.9. The van der Waals surface area contributed by atoms with Crippen molar-refractivity contribution < 1.29 is 0 Å². The summed E-state index contributed by atoms with van der Waals surface area (Å²) < 4.78 is 0. The van der Waals surface area contributed by atoms with Gasteiger partial charge in [-0.1, -0.05) is 6.07 Å². The zero-order chi connectivity index (χ0) is 12.1. The summed E-state index contributed by atoms with van der Waals surface area (Å²) in [5, 5.41) is 3.54. The summed E-state index contributed by atoms with van der Waals surface area (Å²) in [6, 6.07) is 6.98. The SMILES string of the molecule is Cc1cccc(CN(C)CCC2CCCN2)n1. The number of hydrogen-bond acceptors (Lipinski definition) is 3. The van der Waals surface area contributed by atoms with E-state index in [2.05, 4.69) is 34.4 Å². The Morgan fingerprint density at radius 2 is 2.35 bits per heavy atom.